The van der Waals surface area contributed by atoms with Gasteiger partial charge in [0, 0.05) is 6.92 Å². The molecule has 9 nitrogen and oxygen atoms in total. The van der Waals surface area contributed by atoms with Gasteiger partial charge in [0.05, 0.1) is 23.9 Å². The number of nitrogens with two attached hydrogens (primary N) is 1. The van der Waals surface area contributed by atoms with Crippen LogP contribution in [0.3, 0.4) is 0 Å². The van der Waals surface area contributed by atoms with Gasteiger partial charge in [-0.2, -0.15) is 0 Å². The summed E-state index contributed by atoms with van der Waals surface area (Å²) in [5, 5.41) is 2.15. The van der Waals surface area contributed by atoms with E-state index in [0.29, 0.717) is 11.2 Å². The number of carbonyl (C=O) groups excluding carboxylic acids is 1. The second kappa shape index (κ2) is 10.8. The van der Waals surface area contributed by atoms with Crippen molar-refractivity contribution in [3.8, 4) is 0 Å². The number of halogens is 1. The Morgan fingerprint density at radius 3 is 2.23 bits per heavy atom. The minimum Gasteiger partial charge on any atom is -0.456 e. The second-order valence-electron chi connectivity index (χ2n) is 10.6. The molecule has 2 N–H and O–H groups in total. The van der Waals surface area contributed by atoms with E-state index >= 15 is 0 Å². The number of fused-ring (bicyclic) bond motifs is 1. The Hall–Kier alpha value is -3.12. The van der Waals surface area contributed by atoms with Crippen molar-refractivity contribution in [2.24, 2.45) is 0 Å². The van der Waals surface area contributed by atoms with Crippen LogP contribution in [-0.2, 0) is 18.7 Å². The van der Waals surface area contributed by atoms with Gasteiger partial charge in [0.15, 0.2) is 23.8 Å². The van der Waals surface area contributed by atoms with Crippen molar-refractivity contribution in [1.29, 1.82) is 0 Å². The fourth-order valence-corrected chi connectivity index (χ4v) is 10.6. The zero-order valence-corrected chi connectivity index (χ0v) is 24.9. The van der Waals surface area contributed by atoms with Crippen LogP contribution in [0, 0.1) is 0 Å². The van der Waals surface area contributed by atoms with Crippen LogP contribution >= 0.6 is 15.9 Å². The predicted molar refractivity (Wildman–Crippen MR) is 155 cm³/mol. The van der Waals surface area contributed by atoms with Crippen molar-refractivity contribution in [2.75, 3.05) is 12.3 Å². The first kappa shape index (κ1) is 27.4. The van der Waals surface area contributed by atoms with Crippen LogP contribution in [0.5, 0.6) is 0 Å². The Morgan fingerprint density at radius 2 is 1.67 bits per heavy atom. The monoisotopic (exact) mass is 609 g/mol. The number of hydrogen-bond acceptors (Lipinski definition) is 8. The Morgan fingerprint density at radius 1 is 1.05 bits per heavy atom. The highest BCUT2D eigenvalue weighted by Crippen LogP contribution is 2.41. The number of rotatable bonds is 7. The number of carbonyl (C=O) groups is 1. The van der Waals surface area contributed by atoms with Gasteiger partial charge in [0.1, 0.15) is 11.8 Å². The number of nitrogens with zero attached hydrogens (tertiary/aromatic N) is 4. The molecule has 0 radical (unpaired) electrons. The zero-order valence-electron chi connectivity index (χ0n) is 22.3. The summed E-state index contributed by atoms with van der Waals surface area (Å²) in [7, 11) is -2.80. The Kier molecular flexibility index (Phi) is 7.60. The average molecular weight is 611 g/mol. The van der Waals surface area contributed by atoms with Crippen LogP contribution in [0.15, 0.2) is 73.3 Å². The van der Waals surface area contributed by atoms with Crippen LogP contribution in [-0.4, -0.2) is 57.4 Å². The molecule has 3 heterocycles. The predicted octanol–water partition coefficient (Wildman–Crippen LogP) is 3.58. The van der Waals surface area contributed by atoms with Gasteiger partial charge < -0.3 is 19.6 Å². The SMILES string of the molecule is CC(=O)O[C@@H]1[C@@H](Br)[C@@H](CO[Si](c2ccccc2)(c2ccccc2)C(C)(C)C)O[C@H]1n1cnc2c(N)ncnc21. The normalized spacial score (nSPS) is 21.8. The van der Waals surface area contributed by atoms with Gasteiger partial charge in [0.25, 0.3) is 8.32 Å². The van der Waals surface area contributed by atoms with Gasteiger partial charge in [-0.1, -0.05) is 97.4 Å². The van der Waals surface area contributed by atoms with Crippen molar-refractivity contribution in [2.45, 2.75) is 56.0 Å². The molecule has 5 rings (SSSR count). The van der Waals surface area contributed by atoms with E-state index in [1.54, 1.807) is 10.9 Å². The largest absolute Gasteiger partial charge is 0.456 e. The van der Waals surface area contributed by atoms with E-state index in [-0.39, 0.29) is 22.3 Å². The van der Waals surface area contributed by atoms with Crippen molar-refractivity contribution in [3.05, 3.63) is 73.3 Å². The van der Waals surface area contributed by atoms with Crippen LogP contribution in [0.4, 0.5) is 5.82 Å². The van der Waals surface area contributed by atoms with E-state index in [9.17, 15) is 4.79 Å². The highest BCUT2D eigenvalue weighted by atomic mass is 79.9. The Balaban J connectivity index is 1.52. The number of hydrogen-bond donors (Lipinski definition) is 1. The van der Waals surface area contributed by atoms with Gasteiger partial charge >= 0.3 is 5.97 Å². The molecule has 0 spiro atoms. The van der Waals surface area contributed by atoms with E-state index in [0.717, 1.165) is 0 Å². The summed E-state index contributed by atoms with van der Waals surface area (Å²) in [4.78, 5) is 24.5. The lowest BCUT2D eigenvalue weighted by atomic mass is 10.2. The number of alkyl halides is 1. The van der Waals surface area contributed by atoms with Crippen LogP contribution in [0.2, 0.25) is 5.04 Å². The summed E-state index contributed by atoms with van der Waals surface area (Å²) in [6.45, 7) is 8.35. The van der Waals surface area contributed by atoms with Crippen molar-refractivity contribution < 1.29 is 18.7 Å². The van der Waals surface area contributed by atoms with Crippen LogP contribution in [0.25, 0.3) is 11.2 Å². The quantitative estimate of drug-likeness (QED) is 0.192. The van der Waals surface area contributed by atoms with Crippen molar-refractivity contribution in [1.82, 2.24) is 19.5 Å². The number of anilines is 1. The molecule has 2 aromatic carbocycles. The molecule has 204 valence electrons. The molecular weight excluding hydrogens is 578 g/mol. The molecule has 1 aliphatic heterocycles. The van der Waals surface area contributed by atoms with E-state index in [4.69, 9.17) is 19.6 Å². The van der Waals surface area contributed by atoms with Gasteiger partial charge in [-0.25, -0.2) is 15.0 Å². The lowest BCUT2D eigenvalue weighted by Gasteiger charge is -2.43. The van der Waals surface area contributed by atoms with Gasteiger partial charge in [0.2, 0.25) is 0 Å². The highest BCUT2D eigenvalue weighted by molar-refractivity contribution is 9.09. The van der Waals surface area contributed by atoms with E-state index in [1.807, 2.05) is 12.1 Å². The summed E-state index contributed by atoms with van der Waals surface area (Å²) in [5.74, 6) is -0.145. The minimum atomic E-state index is -2.80. The molecule has 1 aliphatic rings. The first-order valence-electron chi connectivity index (χ1n) is 12.8. The van der Waals surface area contributed by atoms with Crippen LogP contribution < -0.4 is 16.1 Å². The molecule has 0 bridgehead atoms. The Labute approximate surface area is 237 Å². The van der Waals surface area contributed by atoms with Gasteiger partial charge in [-0.15, -0.1) is 0 Å². The van der Waals surface area contributed by atoms with E-state index < -0.39 is 32.7 Å². The topological polar surface area (TPSA) is 114 Å². The number of aromatic nitrogens is 4. The summed E-state index contributed by atoms with van der Waals surface area (Å²) in [6.07, 6.45) is 1.19. The van der Waals surface area contributed by atoms with E-state index in [2.05, 4.69) is 100 Å². The second-order valence-corrected chi connectivity index (χ2v) is 16.0. The molecule has 1 fully saturated rings. The van der Waals surface area contributed by atoms with Crippen molar-refractivity contribution in [3.63, 3.8) is 0 Å². The molecular formula is C28H32BrN5O4Si. The maximum atomic E-state index is 12.1. The molecule has 0 aliphatic carbocycles. The molecule has 1 saturated heterocycles. The smallest absolute Gasteiger partial charge is 0.303 e. The number of benzene rings is 2. The summed E-state index contributed by atoms with van der Waals surface area (Å²) >= 11 is 3.78. The summed E-state index contributed by atoms with van der Waals surface area (Å²) in [6, 6.07) is 20.9. The summed E-state index contributed by atoms with van der Waals surface area (Å²) in [5.41, 5.74) is 6.96. The highest BCUT2D eigenvalue weighted by Gasteiger charge is 2.53. The molecule has 4 atom stereocenters. The molecule has 0 unspecified atom stereocenters. The van der Waals surface area contributed by atoms with Gasteiger partial charge in [-0.3, -0.25) is 9.36 Å². The zero-order chi connectivity index (χ0) is 27.8. The molecule has 39 heavy (non-hydrogen) atoms. The summed E-state index contributed by atoms with van der Waals surface area (Å²) < 4.78 is 21.2. The third-order valence-corrected chi connectivity index (χ3v) is 13.2. The van der Waals surface area contributed by atoms with Gasteiger partial charge in [-0.05, 0) is 15.4 Å². The average Bonchev–Trinajstić information content (AvgIpc) is 3.47. The fraction of sp³-hybridized carbons (Fsp3) is 0.357. The first-order chi connectivity index (χ1) is 18.6. The number of esters is 1. The molecule has 4 aromatic rings. The molecule has 0 saturated carbocycles. The van der Waals surface area contributed by atoms with Crippen molar-refractivity contribution >= 4 is 57.6 Å². The third kappa shape index (κ3) is 4.99. The number of imidazole rings is 1. The lowest BCUT2D eigenvalue weighted by Crippen LogP contribution is -2.67. The lowest BCUT2D eigenvalue weighted by molar-refractivity contribution is -0.152. The fourth-order valence-electron chi connectivity index (χ4n) is 5.40. The van der Waals surface area contributed by atoms with Crippen LogP contribution in [0.1, 0.15) is 33.9 Å². The molecule has 2 aromatic heterocycles. The molecule has 0 amide bonds. The Bertz CT molecular complexity index is 1410. The minimum absolute atomic E-state index is 0.195. The maximum absolute atomic E-state index is 12.1. The standard InChI is InChI=1S/C28H32BrN5O4Si/c1-18(35)37-24-22(29)21(38-27(24)34-17-33-23-25(30)31-16-32-26(23)34)15-36-39(28(2,3)4,19-11-7-5-8-12-19)20-13-9-6-10-14-20/h5-14,16-17,21-22,24,27H,15H2,1-4H3,(H2,30,31,32)/t21-,22+,24-,27-/m1/s1. The molecule has 11 heteroatoms. The number of ether oxygens (including phenoxy) is 2. The maximum Gasteiger partial charge on any atom is 0.303 e. The third-order valence-electron chi connectivity index (χ3n) is 7.11. The van der Waals surface area contributed by atoms with E-state index in [1.165, 1.54) is 23.6 Å². The first-order valence-corrected chi connectivity index (χ1v) is 15.6. The number of nitrogen functional groups attached to an aromatic ring is 1.